The van der Waals surface area contributed by atoms with Gasteiger partial charge in [0.2, 0.25) is 0 Å². The van der Waals surface area contributed by atoms with E-state index in [4.69, 9.17) is 9.47 Å². The normalized spacial score (nSPS) is 10.3. The number of methoxy groups -OCH3 is 2. The molecule has 2 N–H and O–H groups in total. The third kappa shape index (κ3) is 5.31. The number of nitrogens with one attached hydrogen (secondary N) is 2. The van der Waals surface area contributed by atoms with E-state index in [1.165, 1.54) is 0 Å². The van der Waals surface area contributed by atoms with Crippen molar-refractivity contribution in [2.75, 3.05) is 31.4 Å². The molecule has 2 aromatic heterocycles. The molecule has 0 unspecified atom stereocenters. The van der Waals surface area contributed by atoms with Crippen molar-refractivity contribution in [2.45, 2.75) is 13.0 Å². The highest BCUT2D eigenvalue weighted by atomic mass is 16.5. The minimum Gasteiger partial charge on any atom is -0.493 e. The van der Waals surface area contributed by atoms with Crippen LogP contribution in [0.2, 0.25) is 0 Å². The lowest BCUT2D eigenvalue weighted by Crippen LogP contribution is -2.08. The lowest BCUT2D eigenvalue weighted by Gasteiger charge is -2.11. The molecular formula is C20H23N5O2. The molecule has 0 saturated carbocycles. The predicted molar refractivity (Wildman–Crippen MR) is 105 cm³/mol. The van der Waals surface area contributed by atoms with Crippen molar-refractivity contribution in [2.24, 2.45) is 0 Å². The van der Waals surface area contributed by atoms with Crippen LogP contribution in [0.15, 0.2) is 55.1 Å². The maximum atomic E-state index is 5.34. The molecule has 0 bridgehead atoms. The summed E-state index contributed by atoms with van der Waals surface area (Å²) in [5, 5.41) is 6.60. The minimum absolute atomic E-state index is 0.663. The average Bonchev–Trinajstić information content (AvgIpc) is 2.73. The van der Waals surface area contributed by atoms with Crippen LogP contribution in [0.25, 0.3) is 0 Å². The molecule has 0 spiro atoms. The molecular weight excluding hydrogens is 342 g/mol. The average molecular weight is 365 g/mol. The zero-order chi connectivity index (χ0) is 18.9. The Morgan fingerprint density at radius 2 is 1.70 bits per heavy atom. The van der Waals surface area contributed by atoms with Crippen LogP contribution in [0, 0.1) is 0 Å². The van der Waals surface area contributed by atoms with Gasteiger partial charge in [-0.05, 0) is 35.7 Å². The highest BCUT2D eigenvalue weighted by Crippen LogP contribution is 2.27. The van der Waals surface area contributed by atoms with Gasteiger partial charge in [-0.25, -0.2) is 9.97 Å². The van der Waals surface area contributed by atoms with Crippen molar-refractivity contribution in [3.63, 3.8) is 0 Å². The number of aromatic nitrogens is 3. The van der Waals surface area contributed by atoms with Crippen LogP contribution in [0.3, 0.4) is 0 Å². The van der Waals surface area contributed by atoms with E-state index < -0.39 is 0 Å². The summed E-state index contributed by atoms with van der Waals surface area (Å²) in [6.45, 7) is 1.41. The van der Waals surface area contributed by atoms with Crippen molar-refractivity contribution < 1.29 is 9.47 Å². The van der Waals surface area contributed by atoms with Gasteiger partial charge in [-0.3, -0.25) is 4.98 Å². The zero-order valence-corrected chi connectivity index (χ0v) is 15.5. The number of nitrogens with zero attached hydrogens (tertiary/aromatic N) is 3. The molecule has 7 nitrogen and oxygen atoms in total. The predicted octanol–water partition coefficient (Wildman–Crippen LogP) is 3.16. The molecule has 1 aromatic carbocycles. The van der Waals surface area contributed by atoms with Crippen molar-refractivity contribution >= 4 is 11.6 Å². The maximum Gasteiger partial charge on any atom is 0.160 e. The molecule has 0 fully saturated rings. The summed E-state index contributed by atoms with van der Waals surface area (Å²) in [7, 11) is 3.27. The first-order valence-electron chi connectivity index (χ1n) is 8.68. The number of hydrogen-bond acceptors (Lipinski definition) is 7. The van der Waals surface area contributed by atoms with Crippen LogP contribution in [0.1, 0.15) is 11.1 Å². The maximum absolute atomic E-state index is 5.34. The van der Waals surface area contributed by atoms with Gasteiger partial charge in [-0.1, -0.05) is 12.1 Å². The van der Waals surface area contributed by atoms with Crippen molar-refractivity contribution in [1.29, 1.82) is 0 Å². The summed E-state index contributed by atoms with van der Waals surface area (Å²) in [5.41, 5.74) is 2.25. The highest BCUT2D eigenvalue weighted by molar-refractivity contribution is 5.47. The first-order valence-corrected chi connectivity index (χ1v) is 8.68. The second kappa shape index (κ2) is 9.38. The molecule has 0 aliphatic heterocycles. The summed E-state index contributed by atoms with van der Waals surface area (Å²) in [6.07, 6.45) is 5.97. The van der Waals surface area contributed by atoms with Crippen LogP contribution in [-0.2, 0) is 13.0 Å². The van der Waals surface area contributed by atoms with E-state index in [0.717, 1.165) is 47.2 Å². The standard InChI is InChI=1S/C20H23N5O2/c1-26-17-6-5-15(10-18(17)27-2)7-9-22-19-11-20(25-14-24-19)23-13-16-4-3-8-21-12-16/h3-6,8,10-12,14H,7,9,13H2,1-2H3,(H2,22,23,24,25). The zero-order valence-electron chi connectivity index (χ0n) is 15.5. The van der Waals surface area contributed by atoms with E-state index in [0.29, 0.717) is 6.54 Å². The summed E-state index contributed by atoms with van der Waals surface area (Å²) in [5.74, 6) is 3.01. The molecule has 2 heterocycles. The van der Waals surface area contributed by atoms with E-state index in [1.807, 2.05) is 42.6 Å². The number of rotatable bonds is 9. The third-order valence-corrected chi connectivity index (χ3v) is 4.03. The number of hydrogen-bond donors (Lipinski definition) is 2. The second-order valence-electron chi connectivity index (χ2n) is 5.87. The lowest BCUT2D eigenvalue weighted by atomic mass is 10.1. The number of ether oxygens (including phenoxy) is 2. The van der Waals surface area contributed by atoms with Gasteiger partial charge >= 0.3 is 0 Å². The topological polar surface area (TPSA) is 81.2 Å². The van der Waals surface area contributed by atoms with Gasteiger partial charge in [0.05, 0.1) is 14.2 Å². The number of pyridine rings is 1. The molecule has 0 amide bonds. The van der Waals surface area contributed by atoms with Gasteiger partial charge in [0.15, 0.2) is 11.5 Å². The quantitative estimate of drug-likeness (QED) is 0.603. The molecule has 7 heteroatoms. The molecule has 27 heavy (non-hydrogen) atoms. The molecule has 0 aliphatic carbocycles. The molecule has 0 aliphatic rings. The van der Waals surface area contributed by atoms with Crippen molar-refractivity contribution in [1.82, 2.24) is 15.0 Å². The van der Waals surface area contributed by atoms with Gasteiger partial charge in [-0.15, -0.1) is 0 Å². The molecule has 3 aromatic rings. The summed E-state index contributed by atoms with van der Waals surface area (Å²) in [4.78, 5) is 12.6. The van der Waals surface area contributed by atoms with E-state index in [2.05, 4.69) is 25.6 Å². The largest absolute Gasteiger partial charge is 0.493 e. The number of anilines is 2. The summed E-state index contributed by atoms with van der Waals surface area (Å²) >= 11 is 0. The minimum atomic E-state index is 0.663. The van der Waals surface area contributed by atoms with Crippen molar-refractivity contribution in [3.05, 3.63) is 66.2 Å². The van der Waals surface area contributed by atoms with Gasteiger partial charge in [0.1, 0.15) is 18.0 Å². The second-order valence-corrected chi connectivity index (χ2v) is 5.87. The van der Waals surface area contributed by atoms with Crippen LogP contribution < -0.4 is 20.1 Å². The molecule has 0 saturated heterocycles. The van der Waals surface area contributed by atoms with Crippen LogP contribution in [-0.4, -0.2) is 35.7 Å². The first-order chi connectivity index (χ1) is 13.3. The fraction of sp³-hybridized carbons (Fsp3) is 0.250. The van der Waals surface area contributed by atoms with E-state index in [9.17, 15) is 0 Å². The van der Waals surface area contributed by atoms with E-state index >= 15 is 0 Å². The molecule has 3 rings (SSSR count). The highest BCUT2D eigenvalue weighted by Gasteiger charge is 2.05. The van der Waals surface area contributed by atoms with Crippen LogP contribution in [0.5, 0.6) is 11.5 Å². The van der Waals surface area contributed by atoms with Gasteiger partial charge in [0.25, 0.3) is 0 Å². The molecule has 0 radical (unpaired) electrons. The lowest BCUT2D eigenvalue weighted by molar-refractivity contribution is 0.354. The number of benzene rings is 1. The Morgan fingerprint density at radius 3 is 2.44 bits per heavy atom. The van der Waals surface area contributed by atoms with E-state index in [-0.39, 0.29) is 0 Å². The van der Waals surface area contributed by atoms with Gasteiger partial charge in [0, 0.05) is 31.5 Å². The third-order valence-electron chi connectivity index (χ3n) is 4.03. The van der Waals surface area contributed by atoms with Gasteiger partial charge < -0.3 is 20.1 Å². The Balaban J connectivity index is 1.52. The smallest absolute Gasteiger partial charge is 0.160 e. The van der Waals surface area contributed by atoms with Gasteiger partial charge in [-0.2, -0.15) is 0 Å². The van der Waals surface area contributed by atoms with Crippen molar-refractivity contribution in [3.8, 4) is 11.5 Å². The molecule has 140 valence electrons. The fourth-order valence-electron chi connectivity index (χ4n) is 2.62. The Kier molecular flexibility index (Phi) is 6.40. The first kappa shape index (κ1) is 18.4. The Morgan fingerprint density at radius 1 is 0.889 bits per heavy atom. The van der Waals surface area contributed by atoms with E-state index in [1.54, 1.807) is 26.7 Å². The Bertz CT molecular complexity index is 858. The Labute approximate surface area is 158 Å². The molecule has 0 atom stereocenters. The monoisotopic (exact) mass is 365 g/mol. The SMILES string of the molecule is COc1ccc(CCNc2cc(NCc3cccnc3)ncn2)cc1OC. The van der Waals surface area contributed by atoms with Crippen LogP contribution >= 0.6 is 0 Å². The fourth-order valence-corrected chi connectivity index (χ4v) is 2.62. The summed E-state index contributed by atoms with van der Waals surface area (Å²) < 4.78 is 10.6. The Hall–Kier alpha value is -3.35. The van der Waals surface area contributed by atoms with Crippen LogP contribution in [0.4, 0.5) is 11.6 Å². The summed E-state index contributed by atoms with van der Waals surface area (Å²) in [6, 6.07) is 11.8.